The van der Waals surface area contributed by atoms with Crippen molar-refractivity contribution in [3.05, 3.63) is 34.1 Å². The summed E-state index contributed by atoms with van der Waals surface area (Å²) in [7, 11) is 0. The first-order valence-corrected chi connectivity index (χ1v) is 6.48. The Morgan fingerprint density at radius 3 is 2.62 bits per heavy atom. The summed E-state index contributed by atoms with van der Waals surface area (Å²) in [5.41, 5.74) is 1.38. The molecule has 0 atom stereocenters. The molecule has 1 aliphatic rings. The highest BCUT2D eigenvalue weighted by Crippen LogP contribution is 2.37. The molecule has 0 amide bonds. The maximum Gasteiger partial charge on any atom is 0.137 e. The predicted octanol–water partition coefficient (Wildman–Crippen LogP) is 3.38. The van der Waals surface area contributed by atoms with Crippen LogP contribution < -0.4 is 5.32 Å². The molecule has 0 aromatic heterocycles. The smallest absolute Gasteiger partial charge is 0.137 e. The van der Waals surface area contributed by atoms with Crippen molar-refractivity contribution in [2.75, 3.05) is 13.1 Å². The van der Waals surface area contributed by atoms with Gasteiger partial charge in [0.2, 0.25) is 0 Å². The molecule has 88 valence electrons. The standard InChI is InChI=1S/C13H17BrFN/c1-9(2)13(7-16-8-13)6-10-4-3-5-11(15)12(10)14/h3-5,9,16H,6-8H2,1-2H3. The predicted molar refractivity (Wildman–Crippen MR) is 67.9 cm³/mol. The Hall–Kier alpha value is -0.410. The highest BCUT2D eigenvalue weighted by Gasteiger charge is 2.40. The number of nitrogens with one attached hydrogen (secondary N) is 1. The van der Waals surface area contributed by atoms with Gasteiger partial charge in [-0.3, -0.25) is 0 Å². The minimum absolute atomic E-state index is 0.163. The molecule has 1 saturated heterocycles. The van der Waals surface area contributed by atoms with Crippen LogP contribution in [-0.4, -0.2) is 13.1 Å². The van der Waals surface area contributed by atoms with E-state index in [2.05, 4.69) is 35.1 Å². The highest BCUT2D eigenvalue weighted by atomic mass is 79.9. The van der Waals surface area contributed by atoms with E-state index in [-0.39, 0.29) is 5.82 Å². The molecule has 1 N–H and O–H groups in total. The largest absolute Gasteiger partial charge is 0.315 e. The fourth-order valence-corrected chi connectivity index (χ4v) is 2.65. The van der Waals surface area contributed by atoms with E-state index < -0.39 is 0 Å². The Morgan fingerprint density at radius 2 is 2.12 bits per heavy atom. The van der Waals surface area contributed by atoms with Crippen LogP contribution in [-0.2, 0) is 6.42 Å². The Labute approximate surface area is 105 Å². The van der Waals surface area contributed by atoms with Crippen LogP contribution in [0.4, 0.5) is 4.39 Å². The zero-order valence-corrected chi connectivity index (χ0v) is 11.3. The minimum Gasteiger partial charge on any atom is -0.315 e. The van der Waals surface area contributed by atoms with Gasteiger partial charge in [0, 0.05) is 18.5 Å². The molecular weight excluding hydrogens is 269 g/mol. The maximum atomic E-state index is 13.4. The summed E-state index contributed by atoms with van der Waals surface area (Å²) in [6, 6.07) is 5.29. The van der Waals surface area contributed by atoms with Crippen molar-refractivity contribution in [2.45, 2.75) is 20.3 Å². The Kier molecular flexibility index (Phi) is 3.36. The minimum atomic E-state index is -0.163. The molecule has 0 unspecified atom stereocenters. The fraction of sp³-hybridized carbons (Fsp3) is 0.538. The number of benzene rings is 1. The van der Waals surface area contributed by atoms with Crippen LogP contribution in [0.5, 0.6) is 0 Å². The molecule has 0 aliphatic carbocycles. The van der Waals surface area contributed by atoms with Gasteiger partial charge in [-0.15, -0.1) is 0 Å². The molecule has 1 nitrogen and oxygen atoms in total. The third-order valence-electron chi connectivity index (χ3n) is 3.75. The second-order valence-electron chi connectivity index (χ2n) is 5.01. The summed E-state index contributed by atoms with van der Waals surface area (Å²) < 4.78 is 14.0. The molecule has 0 bridgehead atoms. The van der Waals surface area contributed by atoms with Gasteiger partial charge in [0.25, 0.3) is 0 Å². The van der Waals surface area contributed by atoms with E-state index in [4.69, 9.17) is 0 Å². The molecule has 16 heavy (non-hydrogen) atoms. The third-order valence-corrected chi connectivity index (χ3v) is 4.64. The molecule has 2 rings (SSSR count). The summed E-state index contributed by atoms with van der Waals surface area (Å²) >= 11 is 3.34. The summed E-state index contributed by atoms with van der Waals surface area (Å²) in [6.07, 6.45) is 0.940. The Morgan fingerprint density at radius 1 is 1.44 bits per heavy atom. The first kappa shape index (κ1) is 12.1. The summed E-state index contributed by atoms with van der Waals surface area (Å²) in [6.45, 7) is 6.56. The van der Waals surface area contributed by atoms with Gasteiger partial charge in [0.15, 0.2) is 0 Å². The summed E-state index contributed by atoms with van der Waals surface area (Å²) in [4.78, 5) is 0. The van der Waals surface area contributed by atoms with Crippen LogP contribution >= 0.6 is 15.9 Å². The van der Waals surface area contributed by atoms with E-state index >= 15 is 0 Å². The first-order valence-electron chi connectivity index (χ1n) is 5.69. The van der Waals surface area contributed by atoms with Crippen LogP contribution in [0.3, 0.4) is 0 Å². The quantitative estimate of drug-likeness (QED) is 0.898. The topological polar surface area (TPSA) is 12.0 Å². The first-order chi connectivity index (χ1) is 7.55. The molecule has 1 fully saturated rings. The van der Waals surface area contributed by atoms with Crippen molar-refractivity contribution in [1.82, 2.24) is 5.32 Å². The van der Waals surface area contributed by atoms with Gasteiger partial charge in [-0.1, -0.05) is 26.0 Å². The molecule has 0 saturated carbocycles. The molecule has 0 spiro atoms. The Balaban J connectivity index is 2.23. The summed E-state index contributed by atoms with van der Waals surface area (Å²) in [5, 5.41) is 3.33. The van der Waals surface area contributed by atoms with E-state index in [1.807, 2.05) is 6.07 Å². The molecule has 1 aliphatic heterocycles. The van der Waals surface area contributed by atoms with Crippen LogP contribution in [0.1, 0.15) is 19.4 Å². The van der Waals surface area contributed by atoms with Crippen LogP contribution in [0, 0.1) is 17.2 Å². The summed E-state index contributed by atoms with van der Waals surface area (Å²) in [5.74, 6) is 0.451. The molecular formula is C13H17BrFN. The van der Waals surface area contributed by atoms with Gasteiger partial charge < -0.3 is 5.32 Å². The zero-order chi connectivity index (χ0) is 11.8. The number of rotatable bonds is 3. The van der Waals surface area contributed by atoms with Crippen molar-refractivity contribution in [3.63, 3.8) is 0 Å². The lowest BCUT2D eigenvalue weighted by Gasteiger charge is -2.46. The van der Waals surface area contributed by atoms with Crippen molar-refractivity contribution in [3.8, 4) is 0 Å². The molecule has 1 heterocycles. The van der Waals surface area contributed by atoms with Gasteiger partial charge in [0.1, 0.15) is 5.82 Å². The van der Waals surface area contributed by atoms with Crippen molar-refractivity contribution in [2.24, 2.45) is 11.3 Å². The van der Waals surface area contributed by atoms with Gasteiger partial charge in [-0.2, -0.15) is 0 Å². The average molecular weight is 286 g/mol. The van der Waals surface area contributed by atoms with E-state index in [9.17, 15) is 4.39 Å². The van der Waals surface area contributed by atoms with Crippen LogP contribution in [0.25, 0.3) is 0 Å². The molecule has 1 aromatic rings. The van der Waals surface area contributed by atoms with Crippen molar-refractivity contribution in [1.29, 1.82) is 0 Å². The fourth-order valence-electron chi connectivity index (χ4n) is 2.25. The van der Waals surface area contributed by atoms with Gasteiger partial charge in [-0.25, -0.2) is 4.39 Å². The second kappa shape index (κ2) is 4.46. The lowest BCUT2D eigenvalue weighted by molar-refractivity contribution is 0.0991. The number of hydrogen-bond acceptors (Lipinski definition) is 1. The lowest BCUT2D eigenvalue weighted by Crippen LogP contribution is -2.57. The van der Waals surface area contributed by atoms with Crippen LogP contribution in [0.2, 0.25) is 0 Å². The molecule has 3 heteroatoms. The Bertz CT molecular complexity index is 386. The zero-order valence-electron chi connectivity index (χ0n) is 9.69. The van der Waals surface area contributed by atoms with Gasteiger partial charge in [0.05, 0.1) is 4.47 Å². The average Bonchev–Trinajstić information content (AvgIpc) is 2.17. The lowest BCUT2D eigenvalue weighted by atomic mass is 9.68. The third kappa shape index (κ3) is 2.03. The number of hydrogen-bond donors (Lipinski definition) is 1. The van der Waals surface area contributed by atoms with E-state index in [1.54, 1.807) is 6.07 Å². The SMILES string of the molecule is CC(C)C1(Cc2cccc(F)c2Br)CNC1. The van der Waals surface area contributed by atoms with Crippen molar-refractivity contribution >= 4 is 15.9 Å². The molecule has 0 radical (unpaired) electrons. The normalized spacial score (nSPS) is 18.6. The van der Waals surface area contributed by atoms with Crippen LogP contribution in [0.15, 0.2) is 22.7 Å². The highest BCUT2D eigenvalue weighted by molar-refractivity contribution is 9.10. The van der Waals surface area contributed by atoms with Crippen molar-refractivity contribution < 1.29 is 4.39 Å². The second-order valence-corrected chi connectivity index (χ2v) is 5.80. The van der Waals surface area contributed by atoms with Gasteiger partial charge >= 0.3 is 0 Å². The van der Waals surface area contributed by atoms with E-state index in [0.717, 1.165) is 25.1 Å². The number of halogens is 2. The van der Waals surface area contributed by atoms with Gasteiger partial charge in [-0.05, 0) is 39.9 Å². The van der Waals surface area contributed by atoms with E-state index in [1.165, 1.54) is 6.07 Å². The van der Waals surface area contributed by atoms with E-state index in [0.29, 0.717) is 15.8 Å². The maximum absolute atomic E-state index is 13.4. The monoisotopic (exact) mass is 285 g/mol. The molecule has 1 aromatic carbocycles.